The van der Waals surface area contributed by atoms with Crippen molar-refractivity contribution in [1.29, 1.82) is 0 Å². The van der Waals surface area contributed by atoms with E-state index in [-0.39, 0.29) is 12.0 Å². The topological polar surface area (TPSA) is 29.5 Å². The fraction of sp³-hybridized carbons (Fsp3) is 0.500. The van der Waals surface area contributed by atoms with Crippen molar-refractivity contribution < 1.29 is 9.53 Å². The first kappa shape index (κ1) is 13.4. The number of hydrogen-bond acceptors (Lipinski definition) is 2. The Morgan fingerprint density at radius 1 is 1.50 bits per heavy atom. The average molecular weight is 312 g/mol. The van der Waals surface area contributed by atoms with Gasteiger partial charge in [-0.1, -0.05) is 13.3 Å². The van der Waals surface area contributed by atoms with Gasteiger partial charge >= 0.3 is 0 Å². The fourth-order valence-electron chi connectivity index (χ4n) is 2.19. The van der Waals surface area contributed by atoms with Gasteiger partial charge in [-0.15, -0.1) is 0 Å². The number of rotatable bonds is 2. The van der Waals surface area contributed by atoms with E-state index in [0.29, 0.717) is 6.42 Å². The molecule has 0 saturated heterocycles. The molecule has 0 fully saturated rings. The molecule has 1 aliphatic heterocycles. The predicted octanol–water partition coefficient (Wildman–Crippen LogP) is 3.54. The van der Waals surface area contributed by atoms with E-state index in [0.717, 1.165) is 28.8 Å². The summed E-state index contributed by atoms with van der Waals surface area (Å²) >= 11 is 3.55. The minimum Gasteiger partial charge on any atom is -0.487 e. The van der Waals surface area contributed by atoms with E-state index < -0.39 is 0 Å². The lowest BCUT2D eigenvalue weighted by Gasteiger charge is -2.18. The van der Waals surface area contributed by atoms with Crippen LogP contribution in [0, 0.1) is 0 Å². The summed E-state index contributed by atoms with van der Waals surface area (Å²) < 4.78 is 6.78. The van der Waals surface area contributed by atoms with Crippen LogP contribution in [0.25, 0.3) is 0 Å². The van der Waals surface area contributed by atoms with E-state index in [1.807, 2.05) is 14.0 Å². The van der Waals surface area contributed by atoms with Gasteiger partial charge in [0.05, 0.1) is 16.6 Å². The number of halogens is 1. The molecular formula is C14H18BrNO2. The summed E-state index contributed by atoms with van der Waals surface area (Å²) in [6, 6.07) is 4.14. The summed E-state index contributed by atoms with van der Waals surface area (Å²) in [7, 11) is 1.81. The van der Waals surface area contributed by atoms with Crippen molar-refractivity contribution in [2.75, 3.05) is 11.9 Å². The minimum absolute atomic E-state index is 0.0884. The highest BCUT2D eigenvalue weighted by molar-refractivity contribution is 9.10. The normalized spacial score (nSPS) is 19.2. The maximum atomic E-state index is 12.0. The molecule has 2 rings (SSSR count). The third-order valence-corrected chi connectivity index (χ3v) is 3.73. The molecule has 1 atom stereocenters. The zero-order valence-corrected chi connectivity index (χ0v) is 12.6. The van der Waals surface area contributed by atoms with Gasteiger partial charge in [0.2, 0.25) is 5.91 Å². The molecule has 0 saturated carbocycles. The smallest absolute Gasteiger partial charge is 0.230 e. The van der Waals surface area contributed by atoms with Gasteiger partial charge in [0.15, 0.2) is 5.75 Å². The van der Waals surface area contributed by atoms with Gasteiger partial charge in [-0.2, -0.15) is 0 Å². The number of hydrogen-bond donors (Lipinski definition) is 0. The van der Waals surface area contributed by atoms with Crippen LogP contribution in [-0.2, 0) is 11.2 Å². The van der Waals surface area contributed by atoms with E-state index in [4.69, 9.17) is 4.74 Å². The number of ether oxygens (including phenoxy) is 1. The molecule has 1 amide bonds. The summed E-state index contributed by atoms with van der Waals surface area (Å²) in [4.78, 5) is 13.7. The van der Waals surface area contributed by atoms with Crippen LogP contribution < -0.4 is 9.64 Å². The standard InChI is InChI=1S/C14H18BrNO2/c1-4-5-10-7-11(15)14-12(8-10)16(3)13(17)6-9(2)18-14/h7-9H,4-6H2,1-3H3. The molecular weight excluding hydrogens is 294 g/mol. The van der Waals surface area contributed by atoms with E-state index in [1.165, 1.54) is 5.56 Å². The third-order valence-electron chi connectivity index (χ3n) is 3.14. The molecule has 4 heteroatoms. The Bertz CT molecular complexity index is 473. The molecule has 1 aromatic rings. The van der Waals surface area contributed by atoms with Gasteiger partial charge < -0.3 is 9.64 Å². The molecule has 0 N–H and O–H groups in total. The molecule has 18 heavy (non-hydrogen) atoms. The van der Waals surface area contributed by atoms with Crippen LogP contribution in [0.4, 0.5) is 5.69 Å². The highest BCUT2D eigenvalue weighted by atomic mass is 79.9. The summed E-state index contributed by atoms with van der Waals surface area (Å²) in [5.74, 6) is 0.873. The number of carbonyl (C=O) groups is 1. The van der Waals surface area contributed by atoms with Gasteiger partial charge in [0.1, 0.15) is 6.10 Å². The lowest BCUT2D eigenvalue weighted by molar-refractivity contribution is -0.119. The summed E-state index contributed by atoms with van der Waals surface area (Å²) in [6.45, 7) is 4.07. The van der Waals surface area contributed by atoms with Crippen molar-refractivity contribution in [2.24, 2.45) is 0 Å². The molecule has 0 aliphatic carbocycles. The lowest BCUT2D eigenvalue weighted by Crippen LogP contribution is -2.27. The number of benzene rings is 1. The Morgan fingerprint density at radius 2 is 2.22 bits per heavy atom. The number of carbonyl (C=O) groups excluding carboxylic acids is 1. The second kappa shape index (κ2) is 5.31. The van der Waals surface area contributed by atoms with Crippen molar-refractivity contribution in [3.05, 3.63) is 22.2 Å². The first-order valence-electron chi connectivity index (χ1n) is 6.28. The number of aryl methyl sites for hydroxylation is 1. The van der Waals surface area contributed by atoms with E-state index in [9.17, 15) is 4.79 Å². The molecule has 1 aromatic carbocycles. The van der Waals surface area contributed by atoms with Crippen LogP contribution >= 0.6 is 15.9 Å². The Labute approximate surface area is 116 Å². The first-order valence-corrected chi connectivity index (χ1v) is 7.07. The second-order valence-electron chi connectivity index (χ2n) is 4.76. The third kappa shape index (κ3) is 2.53. The Balaban J connectivity index is 2.51. The number of fused-ring (bicyclic) bond motifs is 1. The molecule has 1 unspecified atom stereocenters. The van der Waals surface area contributed by atoms with Crippen LogP contribution in [0.15, 0.2) is 16.6 Å². The fourth-order valence-corrected chi connectivity index (χ4v) is 2.78. The van der Waals surface area contributed by atoms with Crippen molar-refractivity contribution in [2.45, 2.75) is 39.2 Å². The van der Waals surface area contributed by atoms with Gasteiger partial charge in [-0.3, -0.25) is 4.79 Å². The van der Waals surface area contributed by atoms with E-state index in [1.54, 1.807) is 4.90 Å². The number of anilines is 1. The summed E-state index contributed by atoms with van der Waals surface area (Å²) in [5, 5.41) is 0. The molecule has 1 heterocycles. The van der Waals surface area contributed by atoms with E-state index in [2.05, 4.69) is 35.0 Å². The van der Waals surface area contributed by atoms with Crippen LogP contribution in [0.5, 0.6) is 5.75 Å². The Morgan fingerprint density at radius 3 is 2.89 bits per heavy atom. The first-order chi connectivity index (χ1) is 8.52. The monoisotopic (exact) mass is 311 g/mol. The summed E-state index contributed by atoms with van der Waals surface area (Å²) in [6.07, 6.45) is 2.42. The molecule has 0 bridgehead atoms. The van der Waals surface area contributed by atoms with Crippen LogP contribution in [0.2, 0.25) is 0 Å². The van der Waals surface area contributed by atoms with Crippen molar-refractivity contribution in [3.63, 3.8) is 0 Å². The van der Waals surface area contributed by atoms with Crippen molar-refractivity contribution in [3.8, 4) is 5.75 Å². The van der Waals surface area contributed by atoms with Crippen LogP contribution in [-0.4, -0.2) is 19.1 Å². The Hall–Kier alpha value is -1.03. The Kier molecular flexibility index (Phi) is 3.95. The zero-order valence-electron chi connectivity index (χ0n) is 11.0. The minimum atomic E-state index is -0.0884. The highest BCUT2D eigenvalue weighted by Crippen LogP contribution is 2.40. The molecule has 0 spiro atoms. The lowest BCUT2D eigenvalue weighted by atomic mass is 10.1. The van der Waals surface area contributed by atoms with Gasteiger partial charge in [0.25, 0.3) is 0 Å². The quantitative estimate of drug-likeness (QED) is 0.836. The zero-order chi connectivity index (χ0) is 13.3. The molecule has 3 nitrogen and oxygen atoms in total. The van der Waals surface area contributed by atoms with Gasteiger partial charge in [-0.25, -0.2) is 0 Å². The second-order valence-corrected chi connectivity index (χ2v) is 5.62. The van der Waals surface area contributed by atoms with Gasteiger partial charge in [-0.05, 0) is 47.0 Å². The maximum absolute atomic E-state index is 12.0. The van der Waals surface area contributed by atoms with Gasteiger partial charge in [0, 0.05) is 7.05 Å². The largest absolute Gasteiger partial charge is 0.487 e. The van der Waals surface area contributed by atoms with Crippen molar-refractivity contribution >= 4 is 27.5 Å². The SMILES string of the molecule is CCCc1cc(Br)c2c(c1)N(C)C(=O)CC(C)O2. The predicted molar refractivity (Wildman–Crippen MR) is 76.3 cm³/mol. The van der Waals surface area contributed by atoms with E-state index >= 15 is 0 Å². The molecule has 0 aromatic heterocycles. The maximum Gasteiger partial charge on any atom is 0.230 e. The summed E-state index contributed by atoms with van der Waals surface area (Å²) in [5.41, 5.74) is 2.09. The highest BCUT2D eigenvalue weighted by Gasteiger charge is 2.26. The molecule has 98 valence electrons. The number of nitrogens with zero attached hydrogens (tertiary/aromatic N) is 1. The molecule has 1 aliphatic rings. The van der Waals surface area contributed by atoms with Crippen LogP contribution in [0.1, 0.15) is 32.3 Å². The number of amides is 1. The van der Waals surface area contributed by atoms with Crippen molar-refractivity contribution in [1.82, 2.24) is 0 Å². The molecule has 0 radical (unpaired) electrons. The van der Waals surface area contributed by atoms with Crippen LogP contribution in [0.3, 0.4) is 0 Å². The average Bonchev–Trinajstić information content (AvgIpc) is 2.40.